The van der Waals surface area contributed by atoms with Gasteiger partial charge in [0.05, 0.1) is 0 Å². The number of nitrogens with one attached hydrogen (secondary N) is 2. The van der Waals surface area contributed by atoms with Gasteiger partial charge in [-0.3, -0.25) is 14.5 Å². The minimum atomic E-state index is -0.167. The second-order valence-electron chi connectivity index (χ2n) is 5.37. The Hall–Kier alpha value is -2.25. The van der Waals surface area contributed by atoms with Crippen LogP contribution in [-0.4, -0.2) is 20.7 Å². The minimum Gasteiger partial charge on any atom is -0.324 e. The van der Waals surface area contributed by atoms with Gasteiger partial charge in [-0.15, -0.1) is 0 Å². The molecule has 2 N–H and O–H groups in total. The molecule has 3 aromatic rings. The molecule has 24 heavy (non-hydrogen) atoms. The fourth-order valence-electron chi connectivity index (χ4n) is 2.38. The number of amides is 1. The normalized spacial score (nSPS) is 10.6. The number of carbonyl (C=O) groups excluding carboxylic acids is 1. The molecular weight excluding hydrogens is 388 g/mol. The Labute approximate surface area is 152 Å². The summed E-state index contributed by atoms with van der Waals surface area (Å²) in [6, 6.07) is 15.4. The van der Waals surface area contributed by atoms with Crippen LogP contribution in [0, 0.1) is 11.7 Å². The first-order valence-corrected chi connectivity index (χ1v) is 8.51. The van der Waals surface area contributed by atoms with Crippen molar-refractivity contribution in [2.24, 2.45) is 0 Å². The highest BCUT2D eigenvalue weighted by atomic mass is 79.9. The standard InChI is InChI=1S/C17H15BrN4OS/c1-11-4-2-5-12(8-11)16-20-21-17(24)22(16)10-15(23)19-14-7-3-6-13(18)9-14/h2-9H,10H2,1H3,(H,19,23)(H,21,24). The molecule has 0 fully saturated rings. The topological polar surface area (TPSA) is 62.7 Å². The predicted octanol–water partition coefficient (Wildman–Crippen LogP) is 4.32. The molecule has 0 bridgehead atoms. The maximum atomic E-state index is 12.4. The molecule has 0 aliphatic heterocycles. The van der Waals surface area contributed by atoms with Crippen molar-refractivity contribution in [3.05, 3.63) is 63.3 Å². The highest BCUT2D eigenvalue weighted by molar-refractivity contribution is 9.10. The average molecular weight is 403 g/mol. The number of anilines is 1. The molecule has 0 radical (unpaired) electrons. The summed E-state index contributed by atoms with van der Waals surface area (Å²) in [6.07, 6.45) is 0. The average Bonchev–Trinajstić information content (AvgIpc) is 2.88. The lowest BCUT2D eigenvalue weighted by atomic mass is 10.1. The minimum absolute atomic E-state index is 0.0884. The first-order valence-electron chi connectivity index (χ1n) is 7.30. The zero-order valence-electron chi connectivity index (χ0n) is 12.9. The van der Waals surface area contributed by atoms with Crippen molar-refractivity contribution < 1.29 is 4.79 Å². The monoisotopic (exact) mass is 402 g/mol. The smallest absolute Gasteiger partial charge is 0.244 e. The summed E-state index contributed by atoms with van der Waals surface area (Å²) in [4.78, 5) is 12.4. The Morgan fingerprint density at radius 3 is 2.83 bits per heavy atom. The van der Waals surface area contributed by atoms with Crippen LogP contribution in [0.15, 0.2) is 53.0 Å². The van der Waals surface area contributed by atoms with E-state index < -0.39 is 0 Å². The van der Waals surface area contributed by atoms with Crippen molar-refractivity contribution in [2.75, 3.05) is 5.32 Å². The molecule has 0 aliphatic carbocycles. The van der Waals surface area contributed by atoms with Crippen molar-refractivity contribution >= 4 is 39.7 Å². The van der Waals surface area contributed by atoms with Gasteiger partial charge in [0.2, 0.25) is 5.91 Å². The first kappa shape index (κ1) is 16.6. The molecule has 122 valence electrons. The summed E-state index contributed by atoms with van der Waals surface area (Å²) in [5.41, 5.74) is 2.76. The molecule has 0 saturated carbocycles. The van der Waals surface area contributed by atoms with Crippen LogP contribution in [0.4, 0.5) is 5.69 Å². The quantitative estimate of drug-likeness (QED) is 0.638. The molecule has 1 amide bonds. The zero-order chi connectivity index (χ0) is 17.1. The number of hydrogen-bond acceptors (Lipinski definition) is 3. The molecule has 3 rings (SSSR count). The number of carbonyl (C=O) groups is 1. The molecule has 5 nitrogen and oxygen atoms in total. The molecular formula is C17H15BrN4OS. The van der Waals surface area contributed by atoms with Crippen LogP contribution in [-0.2, 0) is 11.3 Å². The van der Waals surface area contributed by atoms with E-state index in [-0.39, 0.29) is 12.5 Å². The Morgan fingerprint density at radius 1 is 1.29 bits per heavy atom. The summed E-state index contributed by atoms with van der Waals surface area (Å²) in [7, 11) is 0. The van der Waals surface area contributed by atoms with Crippen LogP contribution in [0.2, 0.25) is 0 Å². The van der Waals surface area contributed by atoms with Gasteiger partial charge in [0.15, 0.2) is 10.6 Å². The van der Waals surface area contributed by atoms with E-state index in [4.69, 9.17) is 12.2 Å². The lowest BCUT2D eigenvalue weighted by molar-refractivity contribution is -0.116. The lowest BCUT2D eigenvalue weighted by Crippen LogP contribution is -2.19. The molecule has 0 saturated heterocycles. The van der Waals surface area contributed by atoms with E-state index in [1.165, 1.54) is 0 Å². The molecule has 0 spiro atoms. The van der Waals surface area contributed by atoms with Crippen LogP contribution in [0.1, 0.15) is 5.56 Å². The van der Waals surface area contributed by atoms with Crippen LogP contribution < -0.4 is 5.32 Å². The maximum Gasteiger partial charge on any atom is 0.244 e. The fraction of sp³-hybridized carbons (Fsp3) is 0.118. The van der Waals surface area contributed by atoms with Gasteiger partial charge in [-0.05, 0) is 43.4 Å². The van der Waals surface area contributed by atoms with Gasteiger partial charge in [-0.25, -0.2) is 0 Å². The van der Waals surface area contributed by atoms with Crippen molar-refractivity contribution in [1.29, 1.82) is 0 Å². The van der Waals surface area contributed by atoms with Crippen molar-refractivity contribution in [1.82, 2.24) is 14.8 Å². The molecule has 0 aliphatic rings. The summed E-state index contributed by atoms with van der Waals surface area (Å²) in [5, 5.41) is 9.88. The summed E-state index contributed by atoms with van der Waals surface area (Å²) in [5.74, 6) is 0.479. The lowest BCUT2D eigenvalue weighted by Gasteiger charge is -2.09. The van der Waals surface area contributed by atoms with Gasteiger partial charge in [0.1, 0.15) is 6.54 Å². The highest BCUT2D eigenvalue weighted by Gasteiger charge is 2.12. The fourth-order valence-corrected chi connectivity index (χ4v) is 2.98. The Kier molecular flexibility index (Phi) is 4.92. The van der Waals surface area contributed by atoms with Gasteiger partial charge >= 0.3 is 0 Å². The van der Waals surface area contributed by atoms with Gasteiger partial charge in [-0.2, -0.15) is 5.10 Å². The van der Waals surface area contributed by atoms with Gasteiger partial charge in [0, 0.05) is 15.7 Å². The van der Waals surface area contributed by atoms with Crippen molar-refractivity contribution in [3.63, 3.8) is 0 Å². The van der Waals surface area contributed by atoms with E-state index in [2.05, 4.69) is 31.4 Å². The third-order valence-electron chi connectivity index (χ3n) is 3.44. The van der Waals surface area contributed by atoms with Crippen LogP contribution in [0.25, 0.3) is 11.4 Å². The molecule has 0 unspecified atom stereocenters. The SMILES string of the molecule is Cc1cccc(-c2n[nH]c(=S)n2CC(=O)Nc2cccc(Br)c2)c1. The Morgan fingerprint density at radius 2 is 2.08 bits per heavy atom. The van der Waals surface area contributed by atoms with E-state index in [0.29, 0.717) is 10.6 Å². The highest BCUT2D eigenvalue weighted by Crippen LogP contribution is 2.19. The number of nitrogens with zero attached hydrogens (tertiary/aromatic N) is 2. The molecule has 1 aromatic heterocycles. The number of aromatic amines is 1. The van der Waals surface area contributed by atoms with E-state index in [1.807, 2.05) is 55.5 Å². The maximum absolute atomic E-state index is 12.4. The summed E-state index contributed by atoms with van der Waals surface area (Å²) in [6.45, 7) is 2.10. The van der Waals surface area contributed by atoms with E-state index >= 15 is 0 Å². The number of H-pyrrole nitrogens is 1. The molecule has 2 aromatic carbocycles. The van der Waals surface area contributed by atoms with E-state index in [0.717, 1.165) is 21.3 Å². The second kappa shape index (κ2) is 7.11. The van der Waals surface area contributed by atoms with Crippen molar-refractivity contribution in [2.45, 2.75) is 13.5 Å². The number of halogens is 1. The van der Waals surface area contributed by atoms with Crippen LogP contribution >= 0.6 is 28.1 Å². The van der Waals surface area contributed by atoms with E-state index in [1.54, 1.807) is 4.57 Å². The number of aryl methyl sites for hydroxylation is 1. The molecule has 1 heterocycles. The molecule has 0 atom stereocenters. The van der Waals surface area contributed by atoms with E-state index in [9.17, 15) is 4.79 Å². The van der Waals surface area contributed by atoms with Gasteiger partial charge in [0.25, 0.3) is 0 Å². The van der Waals surface area contributed by atoms with Crippen LogP contribution in [0.5, 0.6) is 0 Å². The van der Waals surface area contributed by atoms with Crippen molar-refractivity contribution in [3.8, 4) is 11.4 Å². The number of benzene rings is 2. The zero-order valence-corrected chi connectivity index (χ0v) is 15.3. The van der Waals surface area contributed by atoms with Gasteiger partial charge < -0.3 is 5.32 Å². The largest absolute Gasteiger partial charge is 0.324 e. The number of rotatable bonds is 4. The number of aromatic nitrogens is 3. The van der Waals surface area contributed by atoms with Gasteiger partial charge in [-0.1, -0.05) is 45.8 Å². The number of hydrogen-bond donors (Lipinski definition) is 2. The third kappa shape index (κ3) is 3.80. The predicted molar refractivity (Wildman–Crippen MR) is 100 cm³/mol. The second-order valence-corrected chi connectivity index (χ2v) is 6.67. The Bertz CT molecular complexity index is 948. The molecule has 7 heteroatoms. The first-order chi connectivity index (χ1) is 11.5. The summed E-state index contributed by atoms with van der Waals surface area (Å²) >= 11 is 8.65. The summed E-state index contributed by atoms with van der Waals surface area (Å²) < 4.78 is 3.01. The van der Waals surface area contributed by atoms with Crippen LogP contribution in [0.3, 0.4) is 0 Å². The Balaban J connectivity index is 1.84. The third-order valence-corrected chi connectivity index (χ3v) is 4.25.